The molecule has 0 radical (unpaired) electrons. The molecule has 2 aliphatic carbocycles. The van der Waals surface area contributed by atoms with Crippen LogP contribution in [0.2, 0.25) is 0 Å². The Labute approximate surface area is 110 Å². The lowest BCUT2D eigenvalue weighted by molar-refractivity contribution is -0.133. The van der Waals surface area contributed by atoms with E-state index in [1.807, 2.05) is 0 Å². The van der Waals surface area contributed by atoms with E-state index in [4.69, 9.17) is 4.74 Å². The molecule has 0 aromatic carbocycles. The molecule has 1 N–H and O–H groups in total. The Bertz CT molecular complexity index is 385. The van der Waals surface area contributed by atoms with Gasteiger partial charge in [-0.1, -0.05) is 13.0 Å². The maximum atomic E-state index is 9.35. The van der Waals surface area contributed by atoms with Crippen LogP contribution in [0.1, 0.15) is 59.3 Å². The summed E-state index contributed by atoms with van der Waals surface area (Å²) in [5, 5.41) is 9.35. The molecule has 2 heteroatoms. The minimum Gasteiger partial charge on any atom is -0.396 e. The van der Waals surface area contributed by atoms with Gasteiger partial charge in [-0.05, 0) is 63.9 Å². The first-order chi connectivity index (χ1) is 8.44. The second-order valence-electron chi connectivity index (χ2n) is 7.27. The summed E-state index contributed by atoms with van der Waals surface area (Å²) in [6.07, 6.45) is 9.29. The fraction of sp³-hybridized carbons (Fsp3) is 0.875. The van der Waals surface area contributed by atoms with Crippen LogP contribution in [0.5, 0.6) is 0 Å². The summed E-state index contributed by atoms with van der Waals surface area (Å²) < 4.78 is 6.65. The van der Waals surface area contributed by atoms with Gasteiger partial charge in [-0.25, -0.2) is 0 Å². The van der Waals surface area contributed by atoms with Crippen LogP contribution in [0.3, 0.4) is 0 Å². The number of hydrogen-bond acceptors (Lipinski definition) is 2. The third-order valence-electron chi connectivity index (χ3n) is 5.96. The maximum Gasteiger partial charge on any atom is 0.0956 e. The average Bonchev–Trinajstić information content (AvgIpc) is 2.53. The second kappa shape index (κ2) is 3.83. The SMILES string of the molecule is CC1(C)O[C@]23C[C@H]1CC[C@]2(C)CCC=C3CCO. The molecule has 3 rings (SSSR count). The molecule has 18 heavy (non-hydrogen) atoms. The summed E-state index contributed by atoms with van der Waals surface area (Å²) in [5.41, 5.74) is 1.61. The molecule has 0 aromatic heterocycles. The summed E-state index contributed by atoms with van der Waals surface area (Å²) in [4.78, 5) is 0. The van der Waals surface area contributed by atoms with Gasteiger partial charge in [-0.3, -0.25) is 0 Å². The Kier molecular flexibility index (Phi) is 2.70. The Morgan fingerprint density at radius 3 is 2.83 bits per heavy atom. The van der Waals surface area contributed by atoms with Crippen molar-refractivity contribution < 1.29 is 9.84 Å². The van der Waals surface area contributed by atoms with Crippen molar-refractivity contribution >= 4 is 0 Å². The number of aliphatic hydroxyl groups excluding tert-OH is 1. The highest BCUT2D eigenvalue weighted by atomic mass is 16.5. The fourth-order valence-corrected chi connectivity index (χ4v) is 4.75. The van der Waals surface area contributed by atoms with Crippen molar-refractivity contribution in [1.29, 1.82) is 0 Å². The zero-order chi connectivity index (χ0) is 13.0. The van der Waals surface area contributed by atoms with E-state index in [1.54, 1.807) is 0 Å². The van der Waals surface area contributed by atoms with E-state index in [1.165, 1.54) is 31.3 Å². The fourth-order valence-electron chi connectivity index (χ4n) is 4.75. The summed E-state index contributed by atoms with van der Waals surface area (Å²) in [7, 11) is 0. The number of fused-ring (bicyclic) bond motifs is 1. The van der Waals surface area contributed by atoms with Gasteiger partial charge in [0.05, 0.1) is 11.2 Å². The predicted octanol–water partition coefficient (Wildman–Crippen LogP) is 3.44. The lowest BCUT2D eigenvalue weighted by Gasteiger charge is -2.52. The van der Waals surface area contributed by atoms with E-state index in [-0.39, 0.29) is 23.2 Å². The van der Waals surface area contributed by atoms with Crippen LogP contribution in [0.25, 0.3) is 0 Å². The minimum absolute atomic E-state index is 0.00362. The van der Waals surface area contributed by atoms with Crippen molar-refractivity contribution in [3.8, 4) is 0 Å². The molecule has 0 unspecified atom stereocenters. The van der Waals surface area contributed by atoms with Crippen LogP contribution in [-0.2, 0) is 4.74 Å². The number of aliphatic hydroxyl groups is 1. The average molecular weight is 250 g/mol. The summed E-state index contributed by atoms with van der Waals surface area (Å²) in [5.74, 6) is 0.686. The summed E-state index contributed by atoms with van der Waals surface area (Å²) in [6, 6.07) is 0. The van der Waals surface area contributed by atoms with Crippen LogP contribution in [0.4, 0.5) is 0 Å². The van der Waals surface area contributed by atoms with Crippen LogP contribution >= 0.6 is 0 Å². The van der Waals surface area contributed by atoms with Crippen molar-refractivity contribution in [1.82, 2.24) is 0 Å². The largest absolute Gasteiger partial charge is 0.396 e. The molecule has 2 fully saturated rings. The van der Waals surface area contributed by atoms with Gasteiger partial charge in [0.25, 0.3) is 0 Å². The Hall–Kier alpha value is -0.340. The minimum atomic E-state index is -0.0691. The molecule has 3 atom stereocenters. The van der Waals surface area contributed by atoms with Gasteiger partial charge in [0.2, 0.25) is 0 Å². The first-order valence-electron chi connectivity index (χ1n) is 7.44. The molecule has 2 bridgehead atoms. The van der Waals surface area contributed by atoms with Crippen molar-refractivity contribution in [2.75, 3.05) is 6.61 Å². The Morgan fingerprint density at radius 1 is 1.33 bits per heavy atom. The molecule has 102 valence electrons. The number of ether oxygens (including phenoxy) is 1. The Balaban J connectivity index is 2.05. The molecule has 1 heterocycles. The lowest BCUT2D eigenvalue weighted by Crippen LogP contribution is -2.51. The van der Waals surface area contributed by atoms with Crippen LogP contribution in [0, 0.1) is 11.3 Å². The molecule has 1 spiro atoms. The highest BCUT2D eigenvalue weighted by Gasteiger charge is 2.64. The zero-order valence-electron chi connectivity index (χ0n) is 12.0. The molecule has 0 aromatic rings. The Morgan fingerprint density at radius 2 is 2.11 bits per heavy atom. The van der Waals surface area contributed by atoms with Crippen molar-refractivity contribution in [3.05, 3.63) is 11.6 Å². The summed E-state index contributed by atoms with van der Waals surface area (Å²) >= 11 is 0. The molecule has 1 saturated carbocycles. The molecule has 3 aliphatic rings. The van der Waals surface area contributed by atoms with E-state index in [0.29, 0.717) is 5.92 Å². The first-order valence-corrected chi connectivity index (χ1v) is 7.44. The lowest BCUT2D eigenvalue weighted by atomic mass is 9.55. The smallest absolute Gasteiger partial charge is 0.0956 e. The quantitative estimate of drug-likeness (QED) is 0.761. The monoisotopic (exact) mass is 250 g/mol. The van der Waals surface area contributed by atoms with Gasteiger partial charge in [-0.2, -0.15) is 0 Å². The highest BCUT2D eigenvalue weighted by molar-refractivity contribution is 5.31. The van der Waals surface area contributed by atoms with Gasteiger partial charge >= 0.3 is 0 Å². The molecular weight excluding hydrogens is 224 g/mol. The number of hydrogen-bond donors (Lipinski definition) is 1. The van der Waals surface area contributed by atoms with Gasteiger partial charge in [0, 0.05) is 12.0 Å². The van der Waals surface area contributed by atoms with E-state index in [9.17, 15) is 5.11 Å². The third-order valence-corrected chi connectivity index (χ3v) is 5.96. The standard InChI is InChI=1S/C16H26O2/c1-14(2)13-6-9-15(3)8-4-5-12(7-10-17)16(15,11-13)18-14/h5,13,17H,4,6-11H2,1-3H3/t13-,15+,16+/m1/s1. The van der Waals surface area contributed by atoms with E-state index in [2.05, 4.69) is 26.8 Å². The van der Waals surface area contributed by atoms with Crippen LogP contribution in [-0.4, -0.2) is 22.9 Å². The third kappa shape index (κ3) is 1.48. The molecule has 2 nitrogen and oxygen atoms in total. The highest BCUT2D eigenvalue weighted by Crippen LogP contribution is 2.64. The molecule has 0 amide bonds. The van der Waals surface area contributed by atoms with Crippen LogP contribution < -0.4 is 0 Å². The van der Waals surface area contributed by atoms with Gasteiger partial charge in [-0.15, -0.1) is 0 Å². The van der Waals surface area contributed by atoms with Gasteiger partial charge < -0.3 is 9.84 Å². The predicted molar refractivity (Wildman–Crippen MR) is 72.4 cm³/mol. The van der Waals surface area contributed by atoms with Gasteiger partial charge in [0.15, 0.2) is 0 Å². The summed E-state index contributed by atoms with van der Waals surface area (Å²) in [6.45, 7) is 7.17. The zero-order valence-corrected chi connectivity index (χ0v) is 12.0. The topological polar surface area (TPSA) is 29.5 Å². The molecule has 1 aliphatic heterocycles. The number of rotatable bonds is 2. The van der Waals surface area contributed by atoms with E-state index < -0.39 is 0 Å². The van der Waals surface area contributed by atoms with E-state index >= 15 is 0 Å². The van der Waals surface area contributed by atoms with E-state index in [0.717, 1.165) is 12.8 Å². The maximum absolute atomic E-state index is 9.35. The van der Waals surface area contributed by atoms with Crippen molar-refractivity contribution in [2.24, 2.45) is 11.3 Å². The normalized spacial score (nSPS) is 45.6. The van der Waals surface area contributed by atoms with Crippen molar-refractivity contribution in [2.45, 2.75) is 70.5 Å². The molecular formula is C16H26O2. The second-order valence-corrected chi connectivity index (χ2v) is 7.27. The first kappa shape index (κ1) is 12.7. The van der Waals surface area contributed by atoms with Crippen LogP contribution in [0.15, 0.2) is 11.6 Å². The van der Waals surface area contributed by atoms with Crippen molar-refractivity contribution in [3.63, 3.8) is 0 Å². The van der Waals surface area contributed by atoms with Gasteiger partial charge in [0.1, 0.15) is 0 Å². The number of allylic oxidation sites excluding steroid dienone is 1. The molecule has 1 saturated heterocycles.